The third-order valence-corrected chi connectivity index (χ3v) is 15.2. The van der Waals surface area contributed by atoms with Crippen LogP contribution in [0.1, 0.15) is 22.3 Å². The largest absolute Gasteiger partial charge is 0.456 e. The van der Waals surface area contributed by atoms with Gasteiger partial charge in [0.25, 0.3) is 0 Å². The van der Waals surface area contributed by atoms with Gasteiger partial charge in [-0.25, -0.2) is 0 Å². The fourth-order valence-electron chi connectivity index (χ4n) is 12.1. The summed E-state index contributed by atoms with van der Waals surface area (Å²) in [6.07, 6.45) is 0. The number of hydrogen-bond donors (Lipinski definition) is 0. The van der Waals surface area contributed by atoms with Crippen molar-refractivity contribution in [3.05, 3.63) is 307 Å². The predicted octanol–water partition coefficient (Wildman–Crippen LogP) is 19.2. The van der Waals surface area contributed by atoms with Crippen LogP contribution in [0.2, 0.25) is 0 Å². The van der Waals surface area contributed by atoms with Crippen molar-refractivity contribution in [2.45, 2.75) is 5.41 Å². The number of nitrogens with zero attached hydrogens (tertiary/aromatic N) is 1. The van der Waals surface area contributed by atoms with Gasteiger partial charge < -0.3 is 9.32 Å². The van der Waals surface area contributed by atoms with Gasteiger partial charge in [-0.3, -0.25) is 0 Å². The van der Waals surface area contributed by atoms with Crippen LogP contribution in [0.4, 0.5) is 17.1 Å². The van der Waals surface area contributed by atoms with E-state index >= 15 is 0 Å². The van der Waals surface area contributed by atoms with E-state index in [4.69, 9.17) is 4.42 Å². The molecule has 12 aromatic carbocycles. The molecular weight excluding hydrogens is 883 g/mol. The highest BCUT2D eigenvalue weighted by Gasteiger charge is 2.47. The highest BCUT2D eigenvalue weighted by atomic mass is 16.3. The van der Waals surface area contributed by atoms with E-state index < -0.39 is 5.41 Å². The minimum Gasteiger partial charge on any atom is -0.456 e. The lowest BCUT2D eigenvalue weighted by Crippen LogP contribution is -2.29. The van der Waals surface area contributed by atoms with Crippen LogP contribution in [0, 0.1) is 0 Å². The highest BCUT2D eigenvalue weighted by molar-refractivity contribution is 6.15. The molecule has 2 nitrogen and oxygen atoms in total. The number of rotatable bonds is 9. The van der Waals surface area contributed by atoms with Gasteiger partial charge in [0.05, 0.1) is 22.2 Å². The van der Waals surface area contributed by atoms with Crippen LogP contribution in [0.25, 0.3) is 88.3 Å². The molecule has 0 N–H and O–H groups in total. The van der Waals surface area contributed by atoms with Gasteiger partial charge in [-0.1, -0.05) is 243 Å². The molecule has 1 aliphatic rings. The molecule has 1 heterocycles. The molecule has 0 radical (unpaired) electrons. The first-order chi connectivity index (χ1) is 36.2. The van der Waals surface area contributed by atoms with E-state index in [9.17, 15) is 0 Å². The Kier molecular flexibility index (Phi) is 10.1. The Morgan fingerprint density at radius 1 is 0.274 bits per heavy atom. The lowest BCUT2D eigenvalue weighted by molar-refractivity contribution is 0.669. The molecule has 0 spiro atoms. The molecule has 0 unspecified atom stereocenters. The predicted molar refractivity (Wildman–Crippen MR) is 305 cm³/mol. The Hall–Kier alpha value is -9.50. The van der Waals surface area contributed by atoms with Gasteiger partial charge in [-0.2, -0.15) is 0 Å². The molecule has 2 heteroatoms. The lowest BCUT2D eigenvalue weighted by Gasteiger charge is -2.37. The molecule has 0 saturated carbocycles. The van der Waals surface area contributed by atoms with Crippen molar-refractivity contribution >= 4 is 49.8 Å². The maximum Gasteiger partial charge on any atom is 0.137 e. The lowest BCUT2D eigenvalue weighted by atomic mass is 9.66. The SMILES string of the molecule is c1ccc(-c2ccc3oc4cccc(N(c5cccc(C6(c7ccccc7-c7ccccc7)c7ccccc7-c7ccccc76)c5)c5ccccc5-c5ccc(-c6ccccc6)c6ccccc56)c4c3c2)cc1. The molecule has 0 atom stereocenters. The second-order valence-electron chi connectivity index (χ2n) is 19.1. The number of para-hydroxylation sites is 1. The average Bonchev–Trinajstić information content (AvgIpc) is 4.05. The Morgan fingerprint density at radius 2 is 0.781 bits per heavy atom. The Bertz CT molecular complexity index is 4160. The van der Waals surface area contributed by atoms with Crippen LogP contribution in [-0.4, -0.2) is 0 Å². The van der Waals surface area contributed by atoms with Crippen molar-refractivity contribution in [3.63, 3.8) is 0 Å². The summed E-state index contributed by atoms with van der Waals surface area (Å²) < 4.78 is 6.82. The molecule has 1 aromatic heterocycles. The Labute approximate surface area is 425 Å². The van der Waals surface area contributed by atoms with Gasteiger partial charge in [-0.15, -0.1) is 0 Å². The second-order valence-corrected chi connectivity index (χ2v) is 19.1. The van der Waals surface area contributed by atoms with Gasteiger partial charge >= 0.3 is 0 Å². The van der Waals surface area contributed by atoms with Gasteiger partial charge in [0, 0.05) is 16.6 Å². The van der Waals surface area contributed by atoms with Crippen molar-refractivity contribution in [2.24, 2.45) is 0 Å². The van der Waals surface area contributed by atoms with Crippen molar-refractivity contribution in [1.82, 2.24) is 0 Å². The molecule has 73 heavy (non-hydrogen) atoms. The topological polar surface area (TPSA) is 16.4 Å². The molecule has 0 fully saturated rings. The van der Waals surface area contributed by atoms with Crippen LogP contribution in [0.15, 0.2) is 290 Å². The van der Waals surface area contributed by atoms with Gasteiger partial charge in [0.1, 0.15) is 11.2 Å². The summed E-state index contributed by atoms with van der Waals surface area (Å²) in [6.45, 7) is 0. The average molecular weight is 930 g/mol. The van der Waals surface area contributed by atoms with E-state index in [2.05, 4.69) is 290 Å². The molecule has 14 rings (SSSR count). The number of hydrogen-bond acceptors (Lipinski definition) is 2. The zero-order chi connectivity index (χ0) is 48.3. The first kappa shape index (κ1) is 42.4. The zero-order valence-electron chi connectivity index (χ0n) is 40.0. The fraction of sp³-hybridized carbons (Fsp3) is 0.0141. The van der Waals surface area contributed by atoms with Crippen molar-refractivity contribution in [1.29, 1.82) is 0 Å². The Balaban J connectivity index is 1.07. The summed E-state index contributed by atoms with van der Waals surface area (Å²) in [5, 5.41) is 4.53. The maximum absolute atomic E-state index is 6.82. The van der Waals surface area contributed by atoms with Crippen LogP contribution in [0.3, 0.4) is 0 Å². The van der Waals surface area contributed by atoms with Crippen molar-refractivity contribution in [3.8, 4) is 55.6 Å². The summed E-state index contributed by atoms with van der Waals surface area (Å²) in [5.41, 5.74) is 21.0. The molecule has 0 amide bonds. The first-order valence-corrected chi connectivity index (χ1v) is 25.2. The third-order valence-electron chi connectivity index (χ3n) is 15.2. The zero-order valence-corrected chi connectivity index (χ0v) is 40.0. The van der Waals surface area contributed by atoms with E-state index in [-0.39, 0.29) is 0 Å². The third kappa shape index (κ3) is 6.79. The molecule has 0 saturated heterocycles. The molecule has 0 bridgehead atoms. The monoisotopic (exact) mass is 929 g/mol. The van der Waals surface area contributed by atoms with Gasteiger partial charge in [-0.05, 0) is 126 Å². The number of anilines is 3. The summed E-state index contributed by atoms with van der Waals surface area (Å²) in [6, 6.07) is 104. The quantitative estimate of drug-likeness (QED) is 0.143. The summed E-state index contributed by atoms with van der Waals surface area (Å²) >= 11 is 0. The van der Waals surface area contributed by atoms with E-state index in [1.165, 1.54) is 66.4 Å². The normalized spacial score (nSPS) is 12.5. The summed E-state index contributed by atoms with van der Waals surface area (Å²) in [7, 11) is 0. The first-order valence-electron chi connectivity index (χ1n) is 25.2. The van der Waals surface area contributed by atoms with Crippen LogP contribution in [-0.2, 0) is 5.41 Å². The van der Waals surface area contributed by atoms with E-state index in [1.807, 2.05) is 0 Å². The molecule has 1 aliphatic carbocycles. The molecule has 0 aliphatic heterocycles. The van der Waals surface area contributed by atoms with Crippen LogP contribution >= 0.6 is 0 Å². The highest BCUT2D eigenvalue weighted by Crippen LogP contribution is 2.59. The minimum atomic E-state index is -0.677. The maximum atomic E-state index is 6.82. The van der Waals surface area contributed by atoms with Gasteiger partial charge in [0.15, 0.2) is 0 Å². The Morgan fingerprint density at radius 3 is 1.47 bits per heavy atom. The number of fused-ring (bicyclic) bond motifs is 7. The van der Waals surface area contributed by atoms with Gasteiger partial charge in [0.2, 0.25) is 0 Å². The smallest absolute Gasteiger partial charge is 0.137 e. The van der Waals surface area contributed by atoms with Crippen molar-refractivity contribution in [2.75, 3.05) is 4.90 Å². The van der Waals surface area contributed by atoms with Crippen LogP contribution < -0.4 is 4.90 Å². The second kappa shape index (κ2) is 17.4. The van der Waals surface area contributed by atoms with Crippen LogP contribution in [0.5, 0.6) is 0 Å². The fourth-order valence-corrected chi connectivity index (χ4v) is 12.1. The standard InChI is InChI=1S/C71H47NO/c1-4-22-48(23-5-1)51-42-45-68-62(46-51)70-67(40-21-41-69(70)73-68)72(66-39-19-15-35-61(66)58-44-43-54(49-24-6-2-7-25-49)56-31-10-11-32-57(56)58)53-29-20-28-52(47-53)71(63-36-16-12-30-55(63)50-26-8-3-9-27-50)64-37-17-13-33-59(64)60-34-14-18-38-65(60)71/h1-47H. The van der Waals surface area contributed by atoms with E-state index in [1.54, 1.807) is 0 Å². The van der Waals surface area contributed by atoms with Crippen molar-refractivity contribution < 1.29 is 4.42 Å². The molecule has 13 aromatic rings. The van der Waals surface area contributed by atoms with E-state index in [0.717, 1.165) is 61.3 Å². The summed E-state index contributed by atoms with van der Waals surface area (Å²) in [4.78, 5) is 2.49. The van der Waals surface area contributed by atoms with E-state index in [0.29, 0.717) is 0 Å². The minimum absolute atomic E-state index is 0.677. The molecular formula is C71H47NO. The number of furan rings is 1. The number of benzene rings is 12. The molecule has 342 valence electrons. The summed E-state index contributed by atoms with van der Waals surface area (Å²) in [5.74, 6) is 0.